The Morgan fingerprint density at radius 3 is 2.85 bits per heavy atom. The lowest BCUT2D eigenvalue weighted by Crippen LogP contribution is -2.21. The maximum Gasteiger partial charge on any atom is 0.219 e. The quantitative estimate of drug-likeness (QED) is 0.584. The summed E-state index contributed by atoms with van der Waals surface area (Å²) in [4.78, 5) is 14.4. The van der Waals surface area contributed by atoms with Crippen LogP contribution >= 0.6 is 0 Å². The van der Waals surface area contributed by atoms with Crippen molar-refractivity contribution in [2.45, 2.75) is 12.5 Å². The van der Waals surface area contributed by atoms with Gasteiger partial charge in [-0.15, -0.1) is 0 Å². The lowest BCUT2D eigenvalue weighted by Gasteiger charge is -2.10. The van der Waals surface area contributed by atoms with Crippen molar-refractivity contribution in [3.05, 3.63) is 23.9 Å². The van der Waals surface area contributed by atoms with Crippen LogP contribution in [0.1, 0.15) is 18.0 Å². The average molecular weight is 180 g/mol. The van der Waals surface area contributed by atoms with E-state index in [1.165, 1.54) is 0 Å². The molecule has 1 unspecified atom stereocenters. The number of carbonyl (C=O) groups excluding carboxylic acids is 1. The number of primary amides is 1. The van der Waals surface area contributed by atoms with Crippen LogP contribution in [0.4, 0.5) is 5.82 Å². The lowest BCUT2D eigenvalue weighted by atomic mass is 10.1. The first-order chi connectivity index (χ1) is 6.11. The summed E-state index contributed by atoms with van der Waals surface area (Å²) in [6, 6.07) is 2.98. The molecule has 1 atom stereocenters. The van der Waals surface area contributed by atoms with Crippen molar-refractivity contribution in [3.63, 3.8) is 0 Å². The summed E-state index contributed by atoms with van der Waals surface area (Å²) < 4.78 is 0. The number of pyridine rings is 1. The SMILES string of the molecule is NC(=O)CC(N)c1cccnc1N. The van der Waals surface area contributed by atoms with Crippen molar-refractivity contribution in [1.29, 1.82) is 0 Å². The van der Waals surface area contributed by atoms with E-state index in [9.17, 15) is 4.79 Å². The molecule has 0 fully saturated rings. The Balaban J connectivity index is 2.82. The van der Waals surface area contributed by atoms with Crippen LogP contribution in [0, 0.1) is 0 Å². The highest BCUT2D eigenvalue weighted by molar-refractivity contribution is 5.74. The minimum absolute atomic E-state index is 0.0793. The van der Waals surface area contributed by atoms with Crippen LogP contribution in [-0.2, 0) is 4.79 Å². The number of amides is 1. The number of nitrogen functional groups attached to an aromatic ring is 1. The summed E-state index contributed by atoms with van der Waals surface area (Å²) in [5.41, 5.74) is 16.9. The number of hydrogen-bond donors (Lipinski definition) is 3. The van der Waals surface area contributed by atoms with Crippen molar-refractivity contribution in [2.24, 2.45) is 11.5 Å². The second-order valence-electron chi connectivity index (χ2n) is 2.75. The molecule has 1 aromatic heterocycles. The maximum absolute atomic E-state index is 10.6. The van der Waals surface area contributed by atoms with Crippen LogP contribution in [-0.4, -0.2) is 10.9 Å². The zero-order valence-electron chi connectivity index (χ0n) is 7.10. The van der Waals surface area contributed by atoms with E-state index in [2.05, 4.69) is 4.98 Å². The van der Waals surface area contributed by atoms with Gasteiger partial charge >= 0.3 is 0 Å². The first kappa shape index (κ1) is 9.47. The summed E-state index contributed by atoms with van der Waals surface area (Å²) in [5, 5.41) is 0. The third-order valence-electron chi connectivity index (χ3n) is 1.69. The van der Waals surface area contributed by atoms with E-state index < -0.39 is 11.9 Å². The van der Waals surface area contributed by atoms with Crippen LogP contribution in [0.2, 0.25) is 0 Å². The molecule has 0 aromatic carbocycles. The molecule has 5 nitrogen and oxygen atoms in total. The third-order valence-corrected chi connectivity index (χ3v) is 1.69. The molecule has 1 heterocycles. The van der Waals surface area contributed by atoms with E-state index in [1.807, 2.05) is 0 Å². The van der Waals surface area contributed by atoms with E-state index >= 15 is 0 Å². The van der Waals surface area contributed by atoms with Crippen LogP contribution in [0.25, 0.3) is 0 Å². The van der Waals surface area contributed by atoms with Crippen LogP contribution in [0.3, 0.4) is 0 Å². The minimum atomic E-state index is -0.466. The molecule has 0 aliphatic rings. The number of anilines is 1. The molecule has 0 saturated heterocycles. The molecule has 0 radical (unpaired) electrons. The van der Waals surface area contributed by atoms with Gasteiger partial charge in [0.25, 0.3) is 0 Å². The monoisotopic (exact) mass is 180 g/mol. The van der Waals surface area contributed by atoms with Gasteiger partial charge < -0.3 is 17.2 Å². The van der Waals surface area contributed by atoms with E-state index in [-0.39, 0.29) is 6.42 Å². The zero-order chi connectivity index (χ0) is 9.84. The molecular weight excluding hydrogens is 168 g/mol. The number of nitrogens with zero attached hydrogens (tertiary/aromatic N) is 1. The molecular formula is C8H12N4O. The molecule has 0 aliphatic heterocycles. The van der Waals surface area contributed by atoms with Gasteiger partial charge in [-0.3, -0.25) is 4.79 Å². The zero-order valence-corrected chi connectivity index (χ0v) is 7.10. The predicted molar refractivity (Wildman–Crippen MR) is 49.4 cm³/mol. The molecule has 1 amide bonds. The van der Waals surface area contributed by atoms with Gasteiger partial charge in [-0.1, -0.05) is 6.07 Å². The van der Waals surface area contributed by atoms with Crippen molar-refractivity contribution in [2.75, 3.05) is 5.73 Å². The highest BCUT2D eigenvalue weighted by atomic mass is 16.1. The van der Waals surface area contributed by atoms with Crippen molar-refractivity contribution in [1.82, 2.24) is 4.98 Å². The summed E-state index contributed by atoms with van der Waals surface area (Å²) in [6.07, 6.45) is 1.64. The maximum atomic E-state index is 10.6. The Bertz CT molecular complexity index is 313. The normalized spacial score (nSPS) is 12.4. The van der Waals surface area contributed by atoms with Crippen LogP contribution in [0.15, 0.2) is 18.3 Å². The molecule has 0 saturated carbocycles. The number of rotatable bonds is 3. The van der Waals surface area contributed by atoms with E-state index in [1.54, 1.807) is 18.3 Å². The minimum Gasteiger partial charge on any atom is -0.383 e. The summed E-state index contributed by atoms with van der Waals surface area (Å²) >= 11 is 0. The van der Waals surface area contributed by atoms with Crippen molar-refractivity contribution >= 4 is 11.7 Å². The molecule has 1 rings (SSSR count). The predicted octanol–water partition coefficient (Wildman–Crippen LogP) is -0.461. The molecule has 0 spiro atoms. The first-order valence-electron chi connectivity index (χ1n) is 3.85. The van der Waals surface area contributed by atoms with Crippen molar-refractivity contribution in [3.8, 4) is 0 Å². The molecule has 70 valence electrons. The summed E-state index contributed by atoms with van der Waals surface area (Å²) in [6.45, 7) is 0. The van der Waals surface area contributed by atoms with E-state index in [4.69, 9.17) is 17.2 Å². The third kappa shape index (κ3) is 2.41. The molecule has 0 bridgehead atoms. The Labute approximate surface area is 75.9 Å². The van der Waals surface area contributed by atoms with E-state index in [0.717, 1.165) is 0 Å². The van der Waals surface area contributed by atoms with Gasteiger partial charge in [0.15, 0.2) is 0 Å². The first-order valence-corrected chi connectivity index (χ1v) is 3.85. The van der Waals surface area contributed by atoms with Gasteiger partial charge in [-0.05, 0) is 6.07 Å². The summed E-state index contributed by atoms with van der Waals surface area (Å²) in [7, 11) is 0. The number of carbonyl (C=O) groups is 1. The lowest BCUT2D eigenvalue weighted by molar-refractivity contribution is -0.118. The molecule has 1 aromatic rings. The fraction of sp³-hybridized carbons (Fsp3) is 0.250. The number of aromatic nitrogens is 1. The number of nitrogens with two attached hydrogens (primary N) is 3. The van der Waals surface area contributed by atoms with Gasteiger partial charge in [-0.2, -0.15) is 0 Å². The van der Waals surface area contributed by atoms with Crippen LogP contribution in [0.5, 0.6) is 0 Å². The number of hydrogen-bond acceptors (Lipinski definition) is 4. The molecule has 5 heteroatoms. The van der Waals surface area contributed by atoms with Gasteiger partial charge in [0.1, 0.15) is 5.82 Å². The Hall–Kier alpha value is -1.62. The van der Waals surface area contributed by atoms with E-state index in [0.29, 0.717) is 11.4 Å². The molecule has 13 heavy (non-hydrogen) atoms. The Morgan fingerprint density at radius 1 is 1.62 bits per heavy atom. The highest BCUT2D eigenvalue weighted by Crippen LogP contribution is 2.17. The Morgan fingerprint density at radius 2 is 2.31 bits per heavy atom. The van der Waals surface area contributed by atoms with Gasteiger partial charge in [0, 0.05) is 24.2 Å². The van der Waals surface area contributed by atoms with Gasteiger partial charge in [-0.25, -0.2) is 4.98 Å². The topological polar surface area (TPSA) is 108 Å². The molecule has 0 aliphatic carbocycles. The summed E-state index contributed by atoms with van der Waals surface area (Å²) in [5.74, 6) is -0.105. The largest absolute Gasteiger partial charge is 0.383 e. The standard InChI is InChI=1S/C8H12N4O/c9-6(4-7(10)13)5-2-1-3-12-8(5)11/h1-3,6H,4,9H2,(H2,10,13)(H2,11,12). The fourth-order valence-electron chi connectivity index (χ4n) is 1.07. The van der Waals surface area contributed by atoms with Crippen molar-refractivity contribution < 1.29 is 4.79 Å². The van der Waals surface area contributed by atoms with Gasteiger partial charge in [0.05, 0.1) is 0 Å². The highest BCUT2D eigenvalue weighted by Gasteiger charge is 2.11. The smallest absolute Gasteiger partial charge is 0.219 e. The Kier molecular flexibility index (Phi) is 2.81. The van der Waals surface area contributed by atoms with Gasteiger partial charge in [0.2, 0.25) is 5.91 Å². The van der Waals surface area contributed by atoms with Crippen LogP contribution < -0.4 is 17.2 Å². The average Bonchev–Trinajstić information content (AvgIpc) is 2.03. The fourth-order valence-corrected chi connectivity index (χ4v) is 1.07. The second kappa shape index (κ2) is 3.86. The molecule has 6 N–H and O–H groups in total. The second-order valence-corrected chi connectivity index (χ2v) is 2.75.